The number of rotatable bonds is 4. The van der Waals surface area contributed by atoms with Crippen molar-refractivity contribution in [3.63, 3.8) is 0 Å². The zero-order chi connectivity index (χ0) is 21.3. The van der Waals surface area contributed by atoms with Crippen molar-refractivity contribution < 1.29 is 8.78 Å². The quantitative estimate of drug-likeness (QED) is 0.457. The smallest absolute Gasteiger partial charge is 0.327 e. The Labute approximate surface area is 174 Å². The molecule has 8 nitrogen and oxygen atoms in total. The van der Waals surface area contributed by atoms with Crippen LogP contribution in [-0.4, -0.2) is 34.6 Å². The van der Waals surface area contributed by atoms with Gasteiger partial charge in [-0.2, -0.15) is 18.4 Å². The van der Waals surface area contributed by atoms with Gasteiger partial charge in [0.15, 0.2) is 0 Å². The SMILES string of the molecule is CC.Cn1cc(Nc2nn3c(C(F)(F)c4ccc5ncccc5c4)nnc3s2)cn1. The number of hydrogen-bond donors (Lipinski definition) is 1. The van der Waals surface area contributed by atoms with E-state index in [4.69, 9.17) is 0 Å². The second-order valence-electron chi connectivity index (χ2n) is 6.14. The van der Waals surface area contributed by atoms with E-state index < -0.39 is 11.7 Å². The van der Waals surface area contributed by atoms with Crippen LogP contribution in [-0.2, 0) is 13.0 Å². The first-order valence-electron chi connectivity index (χ1n) is 9.22. The van der Waals surface area contributed by atoms with Gasteiger partial charge >= 0.3 is 5.92 Å². The number of hydrogen-bond acceptors (Lipinski definition) is 7. The van der Waals surface area contributed by atoms with E-state index in [1.165, 1.54) is 12.1 Å². The summed E-state index contributed by atoms with van der Waals surface area (Å²) in [6.45, 7) is 4.00. The van der Waals surface area contributed by atoms with Crippen molar-refractivity contribution in [2.75, 3.05) is 5.32 Å². The molecule has 0 saturated heterocycles. The van der Waals surface area contributed by atoms with Gasteiger partial charge in [0.05, 0.1) is 17.4 Å². The van der Waals surface area contributed by atoms with E-state index in [2.05, 4.69) is 30.7 Å². The van der Waals surface area contributed by atoms with Crippen molar-refractivity contribution in [2.24, 2.45) is 7.05 Å². The monoisotopic (exact) mass is 428 g/mol. The van der Waals surface area contributed by atoms with Crippen LogP contribution in [0.3, 0.4) is 0 Å². The Kier molecular flexibility index (Phi) is 5.12. The highest BCUT2D eigenvalue weighted by Gasteiger charge is 2.40. The molecule has 0 unspecified atom stereocenters. The van der Waals surface area contributed by atoms with Crippen molar-refractivity contribution in [2.45, 2.75) is 19.8 Å². The number of halogens is 2. The van der Waals surface area contributed by atoms with Gasteiger partial charge in [-0.3, -0.25) is 9.67 Å². The van der Waals surface area contributed by atoms with Crippen molar-refractivity contribution >= 4 is 38.0 Å². The Hall–Kier alpha value is -3.47. The molecule has 4 heterocycles. The van der Waals surface area contributed by atoms with Crippen LogP contribution < -0.4 is 5.32 Å². The van der Waals surface area contributed by atoms with Crippen LogP contribution in [0.1, 0.15) is 25.2 Å². The lowest BCUT2D eigenvalue weighted by Gasteiger charge is -2.14. The normalized spacial score (nSPS) is 11.5. The van der Waals surface area contributed by atoms with Gasteiger partial charge in [0, 0.05) is 30.4 Å². The molecule has 0 spiro atoms. The molecule has 0 aliphatic heterocycles. The molecule has 0 amide bonds. The lowest BCUT2D eigenvalue weighted by molar-refractivity contribution is 0.0308. The van der Waals surface area contributed by atoms with Gasteiger partial charge in [0.2, 0.25) is 15.9 Å². The average Bonchev–Trinajstić information content (AvgIpc) is 3.45. The zero-order valence-electron chi connectivity index (χ0n) is 16.4. The minimum absolute atomic E-state index is 0.197. The summed E-state index contributed by atoms with van der Waals surface area (Å²) in [5.41, 5.74) is 1.14. The van der Waals surface area contributed by atoms with Crippen LogP contribution in [0, 0.1) is 0 Å². The molecule has 5 rings (SSSR count). The van der Waals surface area contributed by atoms with Crippen LogP contribution in [0.25, 0.3) is 15.9 Å². The summed E-state index contributed by atoms with van der Waals surface area (Å²) in [7, 11) is 1.78. The molecule has 11 heteroatoms. The maximum atomic E-state index is 15.2. The van der Waals surface area contributed by atoms with E-state index in [0.717, 1.165) is 15.9 Å². The minimum atomic E-state index is -3.37. The third-order valence-electron chi connectivity index (χ3n) is 4.19. The average molecular weight is 428 g/mol. The lowest BCUT2D eigenvalue weighted by Crippen LogP contribution is -2.19. The molecular weight excluding hydrogens is 410 g/mol. The fourth-order valence-corrected chi connectivity index (χ4v) is 3.63. The Morgan fingerprint density at radius 3 is 2.73 bits per heavy atom. The zero-order valence-corrected chi connectivity index (χ0v) is 17.2. The van der Waals surface area contributed by atoms with Crippen LogP contribution >= 0.6 is 11.3 Å². The highest BCUT2D eigenvalue weighted by Crippen LogP contribution is 2.37. The van der Waals surface area contributed by atoms with Gasteiger partial charge in [-0.05, 0) is 18.2 Å². The third-order valence-corrected chi connectivity index (χ3v) is 5.01. The van der Waals surface area contributed by atoms with Gasteiger partial charge < -0.3 is 5.32 Å². The Morgan fingerprint density at radius 1 is 1.13 bits per heavy atom. The fourth-order valence-electron chi connectivity index (χ4n) is 2.87. The number of nitrogens with zero attached hydrogens (tertiary/aromatic N) is 7. The molecule has 154 valence electrons. The summed E-state index contributed by atoms with van der Waals surface area (Å²) in [6.07, 6.45) is 4.98. The number of benzene rings is 1. The number of anilines is 2. The molecule has 30 heavy (non-hydrogen) atoms. The van der Waals surface area contributed by atoms with Gasteiger partial charge in [0.25, 0.3) is 0 Å². The van der Waals surface area contributed by atoms with E-state index in [-0.39, 0.29) is 10.5 Å². The maximum absolute atomic E-state index is 15.2. The molecule has 5 aromatic rings. The van der Waals surface area contributed by atoms with Crippen molar-refractivity contribution in [1.29, 1.82) is 0 Å². The fraction of sp³-hybridized carbons (Fsp3) is 0.211. The largest absolute Gasteiger partial charge is 0.333 e. The second-order valence-corrected chi connectivity index (χ2v) is 7.09. The van der Waals surface area contributed by atoms with Crippen LogP contribution in [0.5, 0.6) is 0 Å². The molecule has 0 fully saturated rings. The first kappa shape index (κ1) is 19.8. The topological polar surface area (TPSA) is 85.8 Å². The predicted molar refractivity (Wildman–Crippen MR) is 111 cm³/mol. The summed E-state index contributed by atoms with van der Waals surface area (Å²) in [6, 6.07) is 7.76. The summed E-state index contributed by atoms with van der Waals surface area (Å²) >= 11 is 1.12. The molecule has 0 atom stereocenters. The van der Waals surface area contributed by atoms with Crippen molar-refractivity contribution in [3.8, 4) is 0 Å². The van der Waals surface area contributed by atoms with Gasteiger partial charge in [0.1, 0.15) is 0 Å². The van der Waals surface area contributed by atoms with Crippen LogP contribution in [0.2, 0.25) is 0 Å². The lowest BCUT2D eigenvalue weighted by atomic mass is 10.0. The van der Waals surface area contributed by atoms with E-state index in [0.29, 0.717) is 21.7 Å². The number of fused-ring (bicyclic) bond motifs is 2. The predicted octanol–water partition coefficient (Wildman–Crippen LogP) is 4.38. The molecular formula is C19H18F2N8S. The van der Waals surface area contributed by atoms with Gasteiger partial charge in [-0.15, -0.1) is 15.3 Å². The van der Waals surface area contributed by atoms with E-state index in [1.54, 1.807) is 48.5 Å². The molecule has 1 aromatic carbocycles. The Balaban J connectivity index is 0.00000106. The summed E-state index contributed by atoms with van der Waals surface area (Å²) in [4.78, 5) is 4.43. The molecule has 0 aliphatic carbocycles. The molecule has 4 aromatic heterocycles. The first-order chi connectivity index (χ1) is 14.5. The highest BCUT2D eigenvalue weighted by atomic mass is 32.1. The maximum Gasteiger partial charge on any atom is 0.333 e. The molecule has 0 bridgehead atoms. The number of pyridine rings is 1. The summed E-state index contributed by atoms with van der Waals surface area (Å²) < 4.78 is 33.1. The van der Waals surface area contributed by atoms with Gasteiger partial charge in [-0.1, -0.05) is 37.3 Å². The van der Waals surface area contributed by atoms with E-state index in [9.17, 15) is 0 Å². The minimum Gasteiger partial charge on any atom is -0.327 e. The third kappa shape index (κ3) is 3.47. The second kappa shape index (κ2) is 7.75. The number of aromatic nitrogens is 7. The highest BCUT2D eigenvalue weighted by molar-refractivity contribution is 7.20. The Morgan fingerprint density at radius 2 is 1.97 bits per heavy atom. The molecule has 0 radical (unpaired) electrons. The number of nitrogens with one attached hydrogen (secondary N) is 1. The Bertz CT molecular complexity index is 1310. The molecule has 1 N–H and O–H groups in total. The number of alkyl halides is 2. The van der Waals surface area contributed by atoms with Crippen LogP contribution in [0.4, 0.5) is 19.6 Å². The molecule has 0 aliphatic rings. The number of aryl methyl sites for hydroxylation is 1. The molecule has 0 saturated carbocycles. The van der Waals surface area contributed by atoms with E-state index in [1.807, 2.05) is 13.8 Å². The summed E-state index contributed by atoms with van der Waals surface area (Å²) in [5.74, 6) is -3.91. The van der Waals surface area contributed by atoms with Crippen molar-refractivity contribution in [3.05, 3.63) is 60.3 Å². The standard InChI is InChI=1S/C17H12F2N8S.C2H6/c1-26-9-12(8-21-26)22-15-25-27-14(23-24-16(27)28-15)17(18,19)11-4-5-13-10(7-11)3-2-6-20-13;1-2/h2-9H,1H3,(H,22,25);1-2H3. The van der Waals surface area contributed by atoms with Gasteiger partial charge in [-0.25, -0.2) is 0 Å². The van der Waals surface area contributed by atoms with Crippen molar-refractivity contribution in [1.82, 2.24) is 34.6 Å². The van der Waals surface area contributed by atoms with E-state index >= 15 is 8.78 Å². The first-order valence-corrected chi connectivity index (χ1v) is 10.0. The summed E-state index contributed by atoms with van der Waals surface area (Å²) in [5, 5.41) is 19.9. The van der Waals surface area contributed by atoms with Crippen LogP contribution in [0.15, 0.2) is 48.9 Å².